The van der Waals surface area contributed by atoms with Crippen LogP contribution in [0, 0.1) is 5.92 Å². The normalized spacial score (nSPS) is 33.4. The van der Waals surface area contributed by atoms with Gasteiger partial charge in [0, 0.05) is 31.7 Å². The van der Waals surface area contributed by atoms with E-state index < -0.39 is 0 Å². The minimum atomic E-state index is 0.375. The fourth-order valence-corrected chi connectivity index (χ4v) is 2.86. The summed E-state index contributed by atoms with van der Waals surface area (Å²) >= 11 is 0. The maximum Gasteiger partial charge on any atom is 0.0350 e. The topological polar surface area (TPSA) is 41.3 Å². The number of rotatable bonds is 2. The summed E-state index contributed by atoms with van der Waals surface area (Å²) in [5, 5.41) is 3.56. The van der Waals surface area contributed by atoms with Crippen molar-refractivity contribution in [1.29, 1.82) is 0 Å². The Kier molecular flexibility index (Phi) is 3.42. The van der Waals surface area contributed by atoms with E-state index >= 15 is 0 Å². The van der Waals surface area contributed by atoms with Gasteiger partial charge in [-0.2, -0.15) is 0 Å². The molecule has 0 aromatic carbocycles. The van der Waals surface area contributed by atoms with Crippen molar-refractivity contribution >= 4 is 0 Å². The van der Waals surface area contributed by atoms with Crippen LogP contribution in [-0.4, -0.2) is 43.7 Å². The van der Waals surface area contributed by atoms with Gasteiger partial charge in [0.1, 0.15) is 0 Å². The third-order valence-electron chi connectivity index (χ3n) is 3.82. The standard InChI is InChI=1S/C11H23N3/c1-14-7-6-13-10(8-14)11(12)9-4-2-3-5-9/h9-11,13H,2-8,12H2,1H3. The highest BCUT2D eigenvalue weighted by molar-refractivity contribution is 4.91. The van der Waals surface area contributed by atoms with Crippen LogP contribution < -0.4 is 11.1 Å². The van der Waals surface area contributed by atoms with Gasteiger partial charge in [-0.3, -0.25) is 0 Å². The second-order valence-corrected chi connectivity index (χ2v) is 4.94. The Morgan fingerprint density at radius 3 is 2.71 bits per heavy atom. The van der Waals surface area contributed by atoms with Crippen molar-refractivity contribution in [3.05, 3.63) is 0 Å². The van der Waals surface area contributed by atoms with Crippen LogP contribution in [0.3, 0.4) is 0 Å². The lowest BCUT2D eigenvalue weighted by atomic mass is 9.91. The first-order valence-electron chi connectivity index (χ1n) is 5.95. The summed E-state index contributed by atoms with van der Waals surface area (Å²) < 4.78 is 0. The Balaban J connectivity index is 1.86. The van der Waals surface area contributed by atoms with E-state index in [1.807, 2.05) is 0 Å². The number of hydrogen-bond acceptors (Lipinski definition) is 3. The number of nitrogens with two attached hydrogens (primary N) is 1. The molecule has 0 spiro atoms. The molecule has 0 radical (unpaired) electrons. The lowest BCUT2D eigenvalue weighted by molar-refractivity contribution is 0.196. The van der Waals surface area contributed by atoms with Crippen molar-refractivity contribution in [3.8, 4) is 0 Å². The van der Waals surface area contributed by atoms with Crippen LogP contribution in [0.25, 0.3) is 0 Å². The highest BCUT2D eigenvalue weighted by Gasteiger charge is 2.30. The molecule has 3 N–H and O–H groups in total. The van der Waals surface area contributed by atoms with Crippen molar-refractivity contribution in [3.63, 3.8) is 0 Å². The summed E-state index contributed by atoms with van der Waals surface area (Å²) in [7, 11) is 2.19. The Morgan fingerprint density at radius 2 is 2.07 bits per heavy atom. The molecule has 0 aromatic heterocycles. The summed E-state index contributed by atoms with van der Waals surface area (Å²) in [6, 6.07) is 0.900. The zero-order chi connectivity index (χ0) is 9.97. The van der Waals surface area contributed by atoms with Gasteiger partial charge in [0.25, 0.3) is 0 Å². The average Bonchev–Trinajstić information content (AvgIpc) is 2.69. The number of hydrogen-bond donors (Lipinski definition) is 2. The molecule has 0 aromatic rings. The molecule has 2 fully saturated rings. The molecule has 0 bridgehead atoms. The lowest BCUT2D eigenvalue weighted by Gasteiger charge is -2.36. The van der Waals surface area contributed by atoms with Crippen molar-refractivity contribution in [2.45, 2.75) is 37.8 Å². The van der Waals surface area contributed by atoms with Crippen LogP contribution >= 0.6 is 0 Å². The Bertz CT molecular complexity index is 177. The summed E-state index contributed by atoms with van der Waals surface area (Å²) in [5.74, 6) is 0.777. The van der Waals surface area contributed by atoms with Crippen molar-refractivity contribution in [1.82, 2.24) is 10.2 Å². The Labute approximate surface area is 87.0 Å². The van der Waals surface area contributed by atoms with Gasteiger partial charge in [0.15, 0.2) is 0 Å². The van der Waals surface area contributed by atoms with Crippen LogP contribution in [0.15, 0.2) is 0 Å². The number of nitrogens with zero attached hydrogens (tertiary/aromatic N) is 1. The molecule has 2 aliphatic rings. The predicted octanol–water partition coefficient (Wildman–Crippen LogP) is 0.408. The van der Waals surface area contributed by atoms with Gasteiger partial charge >= 0.3 is 0 Å². The zero-order valence-electron chi connectivity index (χ0n) is 9.21. The summed E-state index contributed by atoms with van der Waals surface area (Å²) in [4.78, 5) is 2.38. The van der Waals surface area contributed by atoms with E-state index in [2.05, 4.69) is 17.3 Å². The number of nitrogens with one attached hydrogen (secondary N) is 1. The molecule has 3 heteroatoms. The smallest absolute Gasteiger partial charge is 0.0350 e. The van der Waals surface area contributed by atoms with Crippen LogP contribution in [-0.2, 0) is 0 Å². The molecular formula is C11H23N3. The van der Waals surface area contributed by atoms with E-state index in [0.29, 0.717) is 12.1 Å². The second-order valence-electron chi connectivity index (χ2n) is 4.94. The van der Waals surface area contributed by atoms with Gasteiger partial charge in [-0.15, -0.1) is 0 Å². The van der Waals surface area contributed by atoms with Gasteiger partial charge in [0.05, 0.1) is 0 Å². The first kappa shape index (κ1) is 10.4. The molecule has 1 saturated heterocycles. The molecule has 1 aliphatic heterocycles. The van der Waals surface area contributed by atoms with Gasteiger partial charge in [-0.05, 0) is 25.8 Å². The van der Waals surface area contributed by atoms with Gasteiger partial charge in [0.2, 0.25) is 0 Å². The van der Waals surface area contributed by atoms with Crippen molar-refractivity contribution < 1.29 is 0 Å². The van der Waals surface area contributed by atoms with Gasteiger partial charge in [-0.25, -0.2) is 0 Å². The maximum atomic E-state index is 6.33. The van der Waals surface area contributed by atoms with Crippen LogP contribution in [0.1, 0.15) is 25.7 Å². The summed E-state index contributed by atoms with van der Waals surface area (Å²) in [6.45, 7) is 3.38. The number of piperazine rings is 1. The minimum Gasteiger partial charge on any atom is -0.326 e. The van der Waals surface area contributed by atoms with E-state index in [0.717, 1.165) is 25.6 Å². The molecule has 2 atom stereocenters. The third-order valence-corrected chi connectivity index (χ3v) is 3.82. The quantitative estimate of drug-likeness (QED) is 0.673. The lowest BCUT2D eigenvalue weighted by Crippen LogP contribution is -2.58. The highest BCUT2D eigenvalue weighted by Crippen LogP contribution is 2.28. The minimum absolute atomic E-state index is 0.375. The van der Waals surface area contributed by atoms with Crippen LogP contribution in [0.4, 0.5) is 0 Å². The maximum absolute atomic E-state index is 6.33. The molecule has 0 amide bonds. The molecule has 1 aliphatic carbocycles. The zero-order valence-corrected chi connectivity index (χ0v) is 9.21. The predicted molar refractivity (Wildman–Crippen MR) is 59.2 cm³/mol. The van der Waals surface area contributed by atoms with Crippen molar-refractivity contribution in [2.24, 2.45) is 11.7 Å². The second kappa shape index (κ2) is 4.60. The van der Waals surface area contributed by atoms with Crippen LogP contribution in [0.2, 0.25) is 0 Å². The van der Waals surface area contributed by atoms with E-state index in [1.165, 1.54) is 25.7 Å². The monoisotopic (exact) mass is 197 g/mol. The summed E-state index contributed by atoms with van der Waals surface area (Å²) in [6.07, 6.45) is 5.48. The third kappa shape index (κ3) is 2.27. The summed E-state index contributed by atoms with van der Waals surface area (Å²) in [5.41, 5.74) is 6.33. The van der Waals surface area contributed by atoms with E-state index in [9.17, 15) is 0 Å². The molecule has 14 heavy (non-hydrogen) atoms. The Hall–Kier alpha value is -0.120. The van der Waals surface area contributed by atoms with Crippen LogP contribution in [0.5, 0.6) is 0 Å². The fourth-order valence-electron chi connectivity index (χ4n) is 2.86. The Morgan fingerprint density at radius 1 is 1.36 bits per heavy atom. The SMILES string of the molecule is CN1CCNC(C(N)C2CCCC2)C1. The molecule has 1 heterocycles. The molecule has 2 rings (SSSR count). The molecular weight excluding hydrogens is 174 g/mol. The van der Waals surface area contributed by atoms with Gasteiger partial charge in [-0.1, -0.05) is 12.8 Å². The highest BCUT2D eigenvalue weighted by atomic mass is 15.2. The first-order chi connectivity index (χ1) is 6.77. The molecule has 82 valence electrons. The van der Waals surface area contributed by atoms with E-state index in [1.54, 1.807) is 0 Å². The first-order valence-corrected chi connectivity index (χ1v) is 5.95. The van der Waals surface area contributed by atoms with E-state index in [-0.39, 0.29) is 0 Å². The average molecular weight is 197 g/mol. The molecule has 2 unspecified atom stereocenters. The van der Waals surface area contributed by atoms with Crippen molar-refractivity contribution in [2.75, 3.05) is 26.7 Å². The number of likely N-dealkylation sites (N-methyl/N-ethyl adjacent to an activating group) is 1. The fraction of sp³-hybridized carbons (Fsp3) is 1.00. The van der Waals surface area contributed by atoms with E-state index in [4.69, 9.17) is 5.73 Å². The largest absolute Gasteiger partial charge is 0.326 e. The molecule has 3 nitrogen and oxygen atoms in total. The van der Waals surface area contributed by atoms with Gasteiger partial charge < -0.3 is 16.0 Å². The molecule has 1 saturated carbocycles.